The number of aromatic nitrogens is 2. The number of nitrogens with zero attached hydrogens (tertiary/aromatic N) is 3. The zero-order valence-electron chi connectivity index (χ0n) is 13.8. The van der Waals surface area contributed by atoms with E-state index in [4.69, 9.17) is 4.74 Å². The fourth-order valence-corrected chi connectivity index (χ4v) is 2.93. The van der Waals surface area contributed by atoms with E-state index in [-0.39, 0.29) is 24.2 Å². The third kappa shape index (κ3) is 4.65. The normalized spacial score (nSPS) is 17.3. The molecule has 25 heavy (non-hydrogen) atoms. The zero-order chi connectivity index (χ0) is 17.6. The Balaban J connectivity index is 1.53. The number of ether oxygens (including phenoxy) is 1. The number of halogens is 1. The quantitative estimate of drug-likeness (QED) is 0.827. The minimum Gasteiger partial charge on any atom is -0.493 e. The van der Waals surface area contributed by atoms with E-state index < -0.39 is 5.69 Å². The summed E-state index contributed by atoms with van der Waals surface area (Å²) in [5, 5.41) is 0. The lowest BCUT2D eigenvalue weighted by molar-refractivity contribution is -0.133. The van der Waals surface area contributed by atoms with Crippen LogP contribution in [0.3, 0.4) is 0 Å². The van der Waals surface area contributed by atoms with E-state index >= 15 is 0 Å². The lowest BCUT2D eigenvalue weighted by Crippen LogP contribution is -2.44. The number of benzene rings is 1. The second-order valence-electron chi connectivity index (χ2n) is 6.14. The smallest absolute Gasteiger partial charge is 0.347 e. The molecule has 0 bridgehead atoms. The highest BCUT2D eigenvalue weighted by Crippen LogP contribution is 2.19. The van der Waals surface area contributed by atoms with Crippen LogP contribution >= 0.6 is 0 Å². The van der Waals surface area contributed by atoms with Crippen LogP contribution in [0.15, 0.2) is 47.5 Å². The molecule has 7 heteroatoms. The number of amides is 1. The van der Waals surface area contributed by atoms with Gasteiger partial charge in [0.15, 0.2) is 0 Å². The monoisotopic (exact) mass is 345 g/mol. The van der Waals surface area contributed by atoms with E-state index in [9.17, 15) is 14.0 Å². The molecule has 0 aliphatic carbocycles. The van der Waals surface area contributed by atoms with Crippen molar-refractivity contribution >= 4 is 5.91 Å². The van der Waals surface area contributed by atoms with Gasteiger partial charge in [-0.3, -0.25) is 9.36 Å². The lowest BCUT2D eigenvalue weighted by atomic mass is 9.99. The number of rotatable bonds is 5. The van der Waals surface area contributed by atoms with Crippen molar-refractivity contribution < 1.29 is 13.9 Å². The number of carbonyl (C=O) groups is 1. The molecular weight excluding hydrogens is 325 g/mol. The van der Waals surface area contributed by atoms with Gasteiger partial charge in [0.1, 0.15) is 18.1 Å². The molecule has 0 radical (unpaired) electrons. The minimum atomic E-state index is -0.427. The van der Waals surface area contributed by atoms with E-state index in [0.29, 0.717) is 25.4 Å². The molecule has 0 unspecified atom stereocenters. The molecule has 0 N–H and O–H groups in total. The molecule has 0 saturated carbocycles. The summed E-state index contributed by atoms with van der Waals surface area (Å²) in [6, 6.07) is 7.53. The van der Waals surface area contributed by atoms with Crippen LogP contribution in [0.5, 0.6) is 5.75 Å². The van der Waals surface area contributed by atoms with Gasteiger partial charge in [0, 0.05) is 31.4 Å². The first kappa shape index (κ1) is 17.1. The highest BCUT2D eigenvalue weighted by molar-refractivity contribution is 5.76. The molecule has 1 fully saturated rings. The van der Waals surface area contributed by atoms with Gasteiger partial charge in [-0.1, -0.05) is 0 Å². The molecule has 1 amide bonds. The van der Waals surface area contributed by atoms with Crippen molar-refractivity contribution in [2.24, 2.45) is 5.92 Å². The van der Waals surface area contributed by atoms with Gasteiger partial charge in [-0.25, -0.2) is 14.2 Å². The molecule has 1 aromatic heterocycles. The maximum atomic E-state index is 12.9. The van der Waals surface area contributed by atoms with Gasteiger partial charge in [0.05, 0.1) is 6.61 Å². The number of piperidine rings is 1. The third-order valence-electron chi connectivity index (χ3n) is 4.26. The van der Waals surface area contributed by atoms with Crippen molar-refractivity contribution in [3.63, 3.8) is 0 Å². The summed E-state index contributed by atoms with van der Waals surface area (Å²) in [7, 11) is 0. The Morgan fingerprint density at radius 1 is 1.32 bits per heavy atom. The Hall–Kier alpha value is -2.70. The Labute approximate surface area is 144 Å². The summed E-state index contributed by atoms with van der Waals surface area (Å²) in [6.07, 6.45) is 4.84. The average molecular weight is 345 g/mol. The fourth-order valence-electron chi connectivity index (χ4n) is 2.93. The van der Waals surface area contributed by atoms with Gasteiger partial charge in [0.2, 0.25) is 5.91 Å². The molecule has 1 aromatic carbocycles. The van der Waals surface area contributed by atoms with Crippen LogP contribution in [0.25, 0.3) is 0 Å². The molecule has 3 rings (SSSR count). The summed E-state index contributed by atoms with van der Waals surface area (Å²) in [6.45, 7) is 1.75. The largest absolute Gasteiger partial charge is 0.493 e. The van der Waals surface area contributed by atoms with Gasteiger partial charge in [-0.05, 0) is 43.2 Å². The van der Waals surface area contributed by atoms with E-state index in [1.807, 2.05) is 0 Å². The highest BCUT2D eigenvalue weighted by atomic mass is 19.1. The Morgan fingerprint density at radius 2 is 2.12 bits per heavy atom. The molecule has 1 aliphatic rings. The van der Waals surface area contributed by atoms with Crippen molar-refractivity contribution in [1.82, 2.24) is 14.5 Å². The molecule has 2 aromatic rings. The van der Waals surface area contributed by atoms with Crippen LogP contribution in [-0.2, 0) is 11.3 Å². The van der Waals surface area contributed by atoms with Crippen LogP contribution in [0.4, 0.5) is 4.39 Å². The first-order chi connectivity index (χ1) is 12.1. The third-order valence-corrected chi connectivity index (χ3v) is 4.26. The van der Waals surface area contributed by atoms with Gasteiger partial charge in [0.25, 0.3) is 0 Å². The number of hydrogen-bond acceptors (Lipinski definition) is 4. The predicted molar refractivity (Wildman–Crippen MR) is 89.7 cm³/mol. The molecule has 2 heterocycles. The standard InChI is InChI=1S/C18H20FN3O3/c19-15-4-6-16(7-5-15)25-13-14-3-1-9-21(11-14)17(23)12-22-10-2-8-20-18(22)24/h2,4-8,10,14H,1,3,9,11-13H2/t14-/m0/s1. The van der Waals surface area contributed by atoms with Gasteiger partial charge in [-0.15, -0.1) is 0 Å². The van der Waals surface area contributed by atoms with Crippen molar-refractivity contribution in [3.8, 4) is 5.75 Å². The van der Waals surface area contributed by atoms with Gasteiger partial charge >= 0.3 is 5.69 Å². The summed E-state index contributed by atoms with van der Waals surface area (Å²) in [5.41, 5.74) is -0.427. The van der Waals surface area contributed by atoms with Crippen LogP contribution in [0, 0.1) is 11.7 Å². The topological polar surface area (TPSA) is 64.4 Å². The average Bonchev–Trinajstić information content (AvgIpc) is 2.63. The molecule has 1 atom stereocenters. The Bertz CT molecular complexity index is 776. The SMILES string of the molecule is O=C(Cn1cccnc1=O)N1CCC[C@H](COc2ccc(F)cc2)C1. The van der Waals surface area contributed by atoms with Crippen LogP contribution in [-0.4, -0.2) is 40.1 Å². The highest BCUT2D eigenvalue weighted by Gasteiger charge is 2.24. The van der Waals surface area contributed by atoms with Crippen molar-refractivity contribution in [2.75, 3.05) is 19.7 Å². The van der Waals surface area contributed by atoms with Crippen LogP contribution < -0.4 is 10.4 Å². The fraction of sp³-hybridized carbons (Fsp3) is 0.389. The van der Waals surface area contributed by atoms with Crippen molar-refractivity contribution in [1.29, 1.82) is 0 Å². The first-order valence-corrected chi connectivity index (χ1v) is 8.29. The number of hydrogen-bond donors (Lipinski definition) is 0. The molecule has 132 valence electrons. The van der Waals surface area contributed by atoms with Gasteiger partial charge in [-0.2, -0.15) is 0 Å². The predicted octanol–water partition coefficient (Wildman–Crippen LogP) is 1.70. The number of carbonyl (C=O) groups excluding carboxylic acids is 1. The molecule has 6 nitrogen and oxygen atoms in total. The summed E-state index contributed by atoms with van der Waals surface area (Å²) in [5.74, 6) is 0.439. The van der Waals surface area contributed by atoms with E-state index in [1.54, 1.807) is 29.3 Å². The maximum absolute atomic E-state index is 12.9. The molecule has 1 saturated heterocycles. The minimum absolute atomic E-state index is 0.00177. The second-order valence-corrected chi connectivity index (χ2v) is 6.14. The molecular formula is C18H20FN3O3. The van der Waals surface area contributed by atoms with Crippen molar-refractivity contribution in [2.45, 2.75) is 19.4 Å². The summed E-state index contributed by atoms with van der Waals surface area (Å²) >= 11 is 0. The van der Waals surface area contributed by atoms with E-state index in [2.05, 4.69) is 4.98 Å². The Kier molecular flexibility index (Phi) is 5.42. The zero-order valence-corrected chi connectivity index (χ0v) is 13.8. The number of likely N-dealkylation sites (tertiary alicyclic amines) is 1. The second kappa shape index (κ2) is 7.92. The van der Waals surface area contributed by atoms with Gasteiger partial charge < -0.3 is 9.64 Å². The maximum Gasteiger partial charge on any atom is 0.347 e. The Morgan fingerprint density at radius 3 is 2.88 bits per heavy atom. The summed E-state index contributed by atoms with van der Waals surface area (Å²) < 4.78 is 19.9. The van der Waals surface area contributed by atoms with E-state index in [1.165, 1.54) is 22.9 Å². The van der Waals surface area contributed by atoms with Crippen LogP contribution in [0.2, 0.25) is 0 Å². The molecule has 0 spiro atoms. The lowest BCUT2D eigenvalue weighted by Gasteiger charge is -2.32. The van der Waals surface area contributed by atoms with E-state index in [0.717, 1.165) is 12.8 Å². The van der Waals surface area contributed by atoms with Crippen LogP contribution in [0.1, 0.15) is 12.8 Å². The molecule has 1 aliphatic heterocycles. The summed E-state index contributed by atoms with van der Waals surface area (Å²) in [4.78, 5) is 29.5. The first-order valence-electron chi connectivity index (χ1n) is 8.29. The van der Waals surface area contributed by atoms with Crippen molar-refractivity contribution in [3.05, 3.63) is 59.0 Å².